The van der Waals surface area contributed by atoms with E-state index in [1.807, 2.05) is 0 Å². The molecule has 1 rings (SSSR count). The summed E-state index contributed by atoms with van der Waals surface area (Å²) in [6, 6.07) is 0. The number of allylic oxidation sites excluding steroid dienone is 2. The molecule has 0 saturated heterocycles. The first kappa shape index (κ1) is 19.7. The molecule has 1 aliphatic heterocycles. The number of nitrogens with zero attached hydrogens (tertiary/aromatic N) is 2. The fourth-order valence-corrected chi connectivity index (χ4v) is 6.78. The molecule has 0 spiro atoms. The molecular weight excluding hydrogens is 306 g/mol. The summed E-state index contributed by atoms with van der Waals surface area (Å²) in [5.74, 6) is 0. The number of rotatable bonds is 8. The van der Waals surface area contributed by atoms with E-state index in [4.69, 9.17) is 9.98 Å². The van der Waals surface area contributed by atoms with Gasteiger partial charge >= 0.3 is 0 Å². The van der Waals surface area contributed by atoms with Crippen LogP contribution in [0, 0.1) is 0 Å². The molecule has 1 aliphatic rings. The van der Waals surface area contributed by atoms with Gasteiger partial charge in [0.2, 0.25) is 0 Å². The Balaban J connectivity index is 2.97. The highest BCUT2D eigenvalue weighted by Crippen LogP contribution is 2.44. The number of hydrogen-bond acceptors (Lipinski definition) is 2. The van der Waals surface area contributed by atoms with E-state index in [0.717, 1.165) is 13.1 Å². The summed E-state index contributed by atoms with van der Waals surface area (Å²) in [4.78, 5) is 9.92. The van der Waals surface area contributed by atoms with Crippen LogP contribution < -0.4 is 0 Å². The Kier molecular flexibility index (Phi) is 10.9. The Morgan fingerprint density at radius 2 is 1.23 bits per heavy atom. The van der Waals surface area contributed by atoms with E-state index in [2.05, 4.69) is 51.5 Å². The van der Waals surface area contributed by atoms with Crippen molar-refractivity contribution in [1.82, 2.24) is 0 Å². The van der Waals surface area contributed by atoms with Crippen molar-refractivity contribution in [1.29, 1.82) is 0 Å². The molecule has 0 N–H and O–H groups in total. The summed E-state index contributed by atoms with van der Waals surface area (Å²) < 4.78 is 0. The maximum atomic E-state index is 4.96. The van der Waals surface area contributed by atoms with E-state index >= 15 is 0 Å². The molecule has 0 unspecified atom stereocenters. The Hall–Kier alpha value is -0.320. The van der Waals surface area contributed by atoms with Crippen molar-refractivity contribution in [3.63, 3.8) is 0 Å². The van der Waals surface area contributed by atoms with Crippen molar-refractivity contribution < 1.29 is 0 Å². The summed E-state index contributed by atoms with van der Waals surface area (Å²) in [5, 5.41) is 0. The molecular formula is C18H32N2P2. The summed E-state index contributed by atoms with van der Waals surface area (Å²) in [6.07, 6.45) is 16.2. The predicted octanol–water partition coefficient (Wildman–Crippen LogP) is 5.73. The molecule has 2 nitrogen and oxygen atoms in total. The quantitative estimate of drug-likeness (QED) is 0.505. The van der Waals surface area contributed by atoms with Gasteiger partial charge in [-0.25, -0.2) is 0 Å². The van der Waals surface area contributed by atoms with Gasteiger partial charge < -0.3 is 0 Å². The molecule has 0 aliphatic carbocycles. The van der Waals surface area contributed by atoms with Gasteiger partial charge in [0.05, 0.1) is 24.0 Å². The SMILES string of the molecule is CCCC[P@@](C)C1=N/C/C=C\C=C/C/N=C\1[P@](C)CCCC. The molecule has 22 heavy (non-hydrogen) atoms. The van der Waals surface area contributed by atoms with Crippen LogP contribution in [0.3, 0.4) is 0 Å². The summed E-state index contributed by atoms with van der Waals surface area (Å²) in [7, 11) is -0.327. The Labute approximate surface area is 139 Å². The van der Waals surface area contributed by atoms with Crippen LogP contribution in [0.1, 0.15) is 39.5 Å². The van der Waals surface area contributed by atoms with Gasteiger partial charge in [0, 0.05) is 0 Å². The fraction of sp³-hybridized carbons (Fsp3) is 0.667. The second-order valence-corrected chi connectivity index (χ2v) is 10.3. The zero-order chi connectivity index (χ0) is 16.2. The number of unbranched alkanes of at least 4 members (excludes halogenated alkanes) is 2. The van der Waals surface area contributed by atoms with Crippen molar-refractivity contribution in [3.8, 4) is 0 Å². The summed E-state index contributed by atoms with van der Waals surface area (Å²) in [5.41, 5.74) is 2.71. The monoisotopic (exact) mass is 338 g/mol. The molecule has 4 heteroatoms. The molecule has 0 fully saturated rings. The van der Waals surface area contributed by atoms with Gasteiger partial charge in [-0.05, 0) is 38.5 Å². The van der Waals surface area contributed by atoms with Gasteiger partial charge in [-0.2, -0.15) is 0 Å². The van der Waals surface area contributed by atoms with E-state index in [9.17, 15) is 0 Å². The van der Waals surface area contributed by atoms with E-state index in [1.54, 1.807) is 0 Å². The van der Waals surface area contributed by atoms with Crippen LogP contribution in [0.25, 0.3) is 0 Å². The minimum atomic E-state index is -0.163. The lowest BCUT2D eigenvalue weighted by molar-refractivity contribution is 0.893. The van der Waals surface area contributed by atoms with E-state index < -0.39 is 0 Å². The van der Waals surface area contributed by atoms with Crippen molar-refractivity contribution in [2.24, 2.45) is 9.98 Å². The zero-order valence-electron chi connectivity index (χ0n) is 14.8. The third kappa shape index (κ3) is 7.30. The molecule has 2 atom stereocenters. The van der Waals surface area contributed by atoms with Crippen molar-refractivity contribution in [3.05, 3.63) is 24.3 Å². The minimum absolute atomic E-state index is 0.163. The molecule has 0 aromatic carbocycles. The first-order chi connectivity index (χ1) is 10.7. The average Bonchev–Trinajstić information content (AvgIpc) is 2.54. The van der Waals surface area contributed by atoms with E-state index in [0.29, 0.717) is 0 Å². The third-order valence-corrected chi connectivity index (χ3v) is 8.00. The maximum Gasteiger partial charge on any atom is 0.0830 e. The summed E-state index contributed by atoms with van der Waals surface area (Å²) in [6.45, 7) is 10.9. The highest BCUT2D eigenvalue weighted by atomic mass is 31.1. The largest absolute Gasteiger partial charge is 0.279 e. The van der Waals surface area contributed by atoms with Crippen LogP contribution >= 0.6 is 15.8 Å². The van der Waals surface area contributed by atoms with Gasteiger partial charge in [-0.1, -0.05) is 66.8 Å². The molecule has 124 valence electrons. The van der Waals surface area contributed by atoms with Gasteiger partial charge in [-0.3, -0.25) is 9.98 Å². The highest BCUT2D eigenvalue weighted by molar-refractivity contribution is 7.88. The second kappa shape index (κ2) is 12.1. The smallest absolute Gasteiger partial charge is 0.0830 e. The van der Waals surface area contributed by atoms with Crippen LogP contribution in [0.4, 0.5) is 0 Å². The van der Waals surface area contributed by atoms with Crippen LogP contribution in [-0.2, 0) is 0 Å². The summed E-state index contributed by atoms with van der Waals surface area (Å²) >= 11 is 0. The van der Waals surface area contributed by atoms with Gasteiger partial charge in [-0.15, -0.1) is 0 Å². The standard InChI is InChI=1S/C18H32N2P2/c1-5-7-15-21(3)17-18(22(4)16-8-6-2)20-14-12-10-9-11-13-19-17/h9-12H,5-8,13-16H2,1-4H3/b11-9-,12-10-,19-17+,20-18+/t21-,22-/m1/s1. The zero-order valence-corrected chi connectivity index (χ0v) is 16.5. The lowest BCUT2D eigenvalue weighted by atomic mass is 10.4. The topological polar surface area (TPSA) is 24.7 Å². The van der Waals surface area contributed by atoms with E-state index in [-0.39, 0.29) is 15.8 Å². The van der Waals surface area contributed by atoms with Crippen molar-refractivity contribution in [2.75, 3.05) is 38.7 Å². The van der Waals surface area contributed by atoms with Gasteiger partial charge in [0.25, 0.3) is 0 Å². The minimum Gasteiger partial charge on any atom is -0.279 e. The molecule has 0 amide bonds. The maximum absolute atomic E-state index is 4.96. The molecule has 0 aromatic rings. The van der Waals surface area contributed by atoms with Gasteiger partial charge in [0.1, 0.15) is 0 Å². The molecule has 1 heterocycles. The Morgan fingerprint density at radius 1 is 0.818 bits per heavy atom. The van der Waals surface area contributed by atoms with Crippen LogP contribution in [0.15, 0.2) is 34.3 Å². The third-order valence-electron chi connectivity index (χ3n) is 3.69. The Bertz CT molecular complexity index is 385. The Morgan fingerprint density at radius 3 is 1.59 bits per heavy atom. The second-order valence-electron chi connectivity index (χ2n) is 5.74. The highest BCUT2D eigenvalue weighted by Gasteiger charge is 2.20. The van der Waals surface area contributed by atoms with Gasteiger partial charge in [0.15, 0.2) is 0 Å². The lowest BCUT2D eigenvalue weighted by Crippen LogP contribution is -2.15. The van der Waals surface area contributed by atoms with Crippen LogP contribution in [-0.4, -0.2) is 49.6 Å². The number of hydrogen-bond donors (Lipinski definition) is 0. The van der Waals surface area contributed by atoms with Crippen molar-refractivity contribution >= 4 is 26.7 Å². The number of aliphatic imine (C=N–C) groups is 2. The fourth-order valence-electron chi connectivity index (χ4n) is 2.28. The molecule has 0 radical (unpaired) electrons. The first-order valence-electron chi connectivity index (χ1n) is 8.53. The molecule has 0 saturated carbocycles. The van der Waals surface area contributed by atoms with Crippen LogP contribution in [0.2, 0.25) is 0 Å². The van der Waals surface area contributed by atoms with Crippen LogP contribution in [0.5, 0.6) is 0 Å². The normalized spacial score (nSPS) is 26.2. The average molecular weight is 338 g/mol. The van der Waals surface area contributed by atoms with Crippen molar-refractivity contribution in [2.45, 2.75) is 39.5 Å². The molecule has 0 aromatic heterocycles. The first-order valence-corrected chi connectivity index (χ1v) is 12.5. The molecule has 0 bridgehead atoms. The lowest BCUT2D eigenvalue weighted by Gasteiger charge is -2.22. The van der Waals surface area contributed by atoms with E-state index in [1.165, 1.54) is 48.9 Å². The predicted molar refractivity (Wildman–Crippen MR) is 108 cm³/mol.